The Bertz CT molecular complexity index is 936. The maximum Gasteiger partial charge on any atom is 0.416 e. The zero-order valence-corrected chi connectivity index (χ0v) is 15.4. The number of hydrogen-bond acceptors (Lipinski definition) is 2. The van der Waals surface area contributed by atoms with Crippen molar-refractivity contribution >= 4 is 11.8 Å². The average molecular weight is 430 g/mol. The zero-order chi connectivity index (χ0) is 22.1. The fourth-order valence-electron chi connectivity index (χ4n) is 3.16. The van der Waals surface area contributed by atoms with Crippen molar-refractivity contribution < 1.29 is 35.9 Å². The molecule has 1 aliphatic heterocycles. The SMILES string of the molecule is O=C(NCC(=O)N1CCc2ccccc2C1)c1cc(C(F)(F)F)cc(C(F)(F)F)c1. The summed E-state index contributed by atoms with van der Waals surface area (Å²) < 4.78 is 77.5. The summed E-state index contributed by atoms with van der Waals surface area (Å²) in [5, 5.41) is 2.11. The second-order valence-corrected chi connectivity index (χ2v) is 6.81. The number of hydrogen-bond donors (Lipinski definition) is 1. The molecule has 1 heterocycles. The van der Waals surface area contributed by atoms with E-state index in [0.717, 1.165) is 11.1 Å². The standard InChI is InChI=1S/C20H16F6N2O2/c21-19(22,23)15-7-14(8-16(9-15)20(24,25)26)18(30)27-10-17(29)28-6-5-12-3-1-2-4-13(12)11-28/h1-4,7-9H,5-6,10-11H2,(H,27,30). The molecule has 0 radical (unpaired) electrons. The molecule has 0 spiro atoms. The zero-order valence-electron chi connectivity index (χ0n) is 15.4. The first kappa shape index (κ1) is 21.7. The fraction of sp³-hybridized carbons (Fsp3) is 0.300. The van der Waals surface area contributed by atoms with Gasteiger partial charge in [0.2, 0.25) is 5.91 Å². The van der Waals surface area contributed by atoms with E-state index in [2.05, 4.69) is 5.32 Å². The lowest BCUT2D eigenvalue weighted by molar-refractivity contribution is -0.143. The molecule has 0 saturated heterocycles. The van der Waals surface area contributed by atoms with Crippen LogP contribution in [0.4, 0.5) is 26.3 Å². The Morgan fingerprint density at radius 2 is 1.47 bits per heavy atom. The summed E-state index contributed by atoms with van der Waals surface area (Å²) in [5.74, 6) is -1.68. The summed E-state index contributed by atoms with van der Waals surface area (Å²) >= 11 is 0. The molecule has 0 unspecified atom stereocenters. The van der Waals surface area contributed by atoms with E-state index in [1.165, 1.54) is 4.90 Å². The molecule has 0 fully saturated rings. The summed E-state index contributed by atoms with van der Waals surface area (Å²) in [6.45, 7) is 0.165. The quantitative estimate of drug-likeness (QED) is 0.748. The van der Waals surface area contributed by atoms with E-state index in [0.29, 0.717) is 31.6 Å². The summed E-state index contributed by atoms with van der Waals surface area (Å²) in [4.78, 5) is 26.0. The van der Waals surface area contributed by atoms with Crippen molar-refractivity contribution in [1.82, 2.24) is 10.2 Å². The van der Waals surface area contributed by atoms with Crippen LogP contribution >= 0.6 is 0 Å². The molecule has 30 heavy (non-hydrogen) atoms. The first-order chi connectivity index (χ1) is 13.9. The van der Waals surface area contributed by atoms with Gasteiger partial charge in [-0.05, 0) is 35.7 Å². The molecule has 160 valence electrons. The van der Waals surface area contributed by atoms with Gasteiger partial charge in [-0.3, -0.25) is 9.59 Å². The first-order valence-electron chi connectivity index (χ1n) is 8.87. The number of alkyl halides is 6. The summed E-state index contributed by atoms with van der Waals surface area (Å²) in [6.07, 6.45) is -9.51. The molecular formula is C20H16F6N2O2. The van der Waals surface area contributed by atoms with Crippen LogP contribution in [0.25, 0.3) is 0 Å². The third kappa shape index (κ3) is 4.92. The van der Waals surface area contributed by atoms with E-state index in [1.54, 1.807) is 0 Å². The van der Waals surface area contributed by atoms with Crippen molar-refractivity contribution in [2.75, 3.05) is 13.1 Å². The molecule has 0 aliphatic carbocycles. The molecule has 1 aliphatic rings. The number of amides is 2. The van der Waals surface area contributed by atoms with E-state index in [-0.39, 0.29) is 6.07 Å². The minimum atomic E-state index is -5.06. The molecule has 0 aromatic heterocycles. The number of halogens is 6. The molecule has 3 rings (SSSR count). The number of carbonyl (C=O) groups is 2. The highest BCUT2D eigenvalue weighted by molar-refractivity contribution is 5.96. The van der Waals surface area contributed by atoms with Crippen molar-refractivity contribution in [3.05, 3.63) is 70.3 Å². The molecule has 2 aromatic carbocycles. The van der Waals surface area contributed by atoms with E-state index < -0.39 is 47.4 Å². The van der Waals surface area contributed by atoms with Crippen LogP contribution < -0.4 is 5.32 Å². The second kappa shape index (κ2) is 8.00. The van der Waals surface area contributed by atoms with E-state index >= 15 is 0 Å². The third-order valence-corrected chi connectivity index (χ3v) is 4.73. The van der Waals surface area contributed by atoms with Crippen molar-refractivity contribution in [2.24, 2.45) is 0 Å². The molecule has 0 atom stereocenters. The minimum Gasteiger partial charge on any atom is -0.343 e. The Hall–Kier alpha value is -3.04. The maximum atomic E-state index is 12.9. The van der Waals surface area contributed by atoms with Crippen LogP contribution in [0.15, 0.2) is 42.5 Å². The molecule has 4 nitrogen and oxygen atoms in total. The Morgan fingerprint density at radius 1 is 0.900 bits per heavy atom. The van der Waals surface area contributed by atoms with Crippen LogP contribution in [0.1, 0.15) is 32.6 Å². The predicted molar refractivity (Wildman–Crippen MR) is 94.3 cm³/mol. The van der Waals surface area contributed by atoms with Gasteiger partial charge in [-0.25, -0.2) is 0 Å². The van der Waals surface area contributed by atoms with Crippen LogP contribution in [0.5, 0.6) is 0 Å². The molecule has 0 bridgehead atoms. The minimum absolute atomic E-state index is 0.0624. The van der Waals surface area contributed by atoms with Gasteiger partial charge in [-0.2, -0.15) is 26.3 Å². The Kier molecular flexibility index (Phi) is 5.78. The number of fused-ring (bicyclic) bond motifs is 1. The monoisotopic (exact) mass is 430 g/mol. The predicted octanol–water partition coefficient (Wildman–Crippen LogP) is 4.04. The van der Waals surface area contributed by atoms with Crippen molar-refractivity contribution in [1.29, 1.82) is 0 Å². The molecule has 2 aromatic rings. The first-order valence-corrected chi connectivity index (χ1v) is 8.87. The highest BCUT2D eigenvalue weighted by atomic mass is 19.4. The van der Waals surface area contributed by atoms with Gasteiger partial charge in [0.1, 0.15) is 0 Å². The van der Waals surface area contributed by atoms with E-state index in [9.17, 15) is 35.9 Å². The number of benzene rings is 2. The molecule has 10 heteroatoms. The molecular weight excluding hydrogens is 414 g/mol. The highest BCUT2D eigenvalue weighted by Gasteiger charge is 2.37. The van der Waals surface area contributed by atoms with Crippen molar-refractivity contribution in [3.63, 3.8) is 0 Å². The lowest BCUT2D eigenvalue weighted by Gasteiger charge is -2.29. The van der Waals surface area contributed by atoms with Crippen LogP contribution in [0.3, 0.4) is 0 Å². The van der Waals surface area contributed by atoms with Gasteiger partial charge in [0.25, 0.3) is 5.91 Å². The normalized spacial score (nSPS) is 14.3. The Labute approximate surface area is 167 Å². The number of carbonyl (C=O) groups excluding carboxylic acids is 2. The fourth-order valence-corrected chi connectivity index (χ4v) is 3.16. The highest BCUT2D eigenvalue weighted by Crippen LogP contribution is 2.36. The van der Waals surface area contributed by atoms with Gasteiger partial charge in [-0.15, -0.1) is 0 Å². The molecule has 2 amide bonds. The summed E-state index contributed by atoms with van der Waals surface area (Å²) in [5.41, 5.74) is -1.98. The van der Waals surface area contributed by atoms with Gasteiger partial charge < -0.3 is 10.2 Å². The average Bonchev–Trinajstić information content (AvgIpc) is 2.69. The summed E-state index contributed by atoms with van der Waals surface area (Å²) in [7, 11) is 0. The lowest BCUT2D eigenvalue weighted by Crippen LogP contribution is -2.42. The van der Waals surface area contributed by atoms with Crippen LogP contribution in [0.2, 0.25) is 0 Å². The van der Waals surface area contributed by atoms with Gasteiger partial charge >= 0.3 is 12.4 Å². The van der Waals surface area contributed by atoms with Crippen molar-refractivity contribution in [3.8, 4) is 0 Å². The number of nitrogens with zero attached hydrogens (tertiary/aromatic N) is 1. The largest absolute Gasteiger partial charge is 0.416 e. The summed E-state index contributed by atoms with van der Waals surface area (Å²) in [6, 6.07) is 8.08. The smallest absolute Gasteiger partial charge is 0.343 e. The lowest BCUT2D eigenvalue weighted by atomic mass is 10.00. The second-order valence-electron chi connectivity index (χ2n) is 6.81. The van der Waals surface area contributed by atoms with E-state index in [4.69, 9.17) is 0 Å². The third-order valence-electron chi connectivity index (χ3n) is 4.73. The molecule has 0 saturated carbocycles. The van der Waals surface area contributed by atoms with Gasteiger partial charge in [-0.1, -0.05) is 24.3 Å². The van der Waals surface area contributed by atoms with Gasteiger partial charge in [0, 0.05) is 18.7 Å². The number of rotatable bonds is 3. The van der Waals surface area contributed by atoms with Gasteiger partial charge in [0.05, 0.1) is 17.7 Å². The Balaban J connectivity index is 1.71. The number of nitrogens with one attached hydrogen (secondary N) is 1. The topological polar surface area (TPSA) is 49.4 Å². The van der Waals surface area contributed by atoms with E-state index in [1.807, 2.05) is 24.3 Å². The van der Waals surface area contributed by atoms with Crippen molar-refractivity contribution in [2.45, 2.75) is 25.3 Å². The van der Waals surface area contributed by atoms with Crippen LogP contribution in [-0.2, 0) is 30.1 Å². The van der Waals surface area contributed by atoms with Crippen LogP contribution in [-0.4, -0.2) is 29.8 Å². The Morgan fingerprint density at radius 3 is 2.03 bits per heavy atom. The molecule has 1 N–H and O–H groups in total. The van der Waals surface area contributed by atoms with Gasteiger partial charge in [0.15, 0.2) is 0 Å². The van der Waals surface area contributed by atoms with Crippen LogP contribution in [0, 0.1) is 0 Å². The maximum absolute atomic E-state index is 12.9.